The van der Waals surface area contributed by atoms with Crippen molar-refractivity contribution in [1.29, 1.82) is 0 Å². The van der Waals surface area contributed by atoms with Crippen molar-refractivity contribution in [2.75, 3.05) is 0 Å². The maximum Gasteiger partial charge on any atom is 0.338 e. The highest BCUT2D eigenvalue weighted by molar-refractivity contribution is 7.86. The van der Waals surface area contributed by atoms with Crippen molar-refractivity contribution in [3.8, 4) is 0 Å². The van der Waals surface area contributed by atoms with Gasteiger partial charge in [0.25, 0.3) is 10.1 Å². The first kappa shape index (κ1) is 32.2. The molecule has 2 saturated heterocycles. The number of ether oxygens (including phenoxy) is 5. The smallest absolute Gasteiger partial charge is 0.338 e. The second kappa shape index (κ2) is 14.3. The minimum Gasteiger partial charge on any atom is -0.453 e. The van der Waals surface area contributed by atoms with Gasteiger partial charge in [-0.15, -0.1) is 0 Å². The van der Waals surface area contributed by atoms with Crippen LogP contribution in [0.2, 0.25) is 0 Å². The first-order valence-corrected chi connectivity index (χ1v) is 16.1. The molecule has 0 aliphatic carbocycles. The Kier molecular flexibility index (Phi) is 10.5. The molecule has 0 amide bonds. The Morgan fingerprint density at radius 2 is 1.48 bits per heavy atom. The Hall–Kier alpha value is -3.16. The van der Waals surface area contributed by atoms with Gasteiger partial charge in [-0.1, -0.05) is 66.2 Å². The lowest BCUT2D eigenvalue weighted by atomic mass is 10.00. The van der Waals surface area contributed by atoms with Gasteiger partial charge in [0.1, 0.15) is 12.2 Å². The molecular weight excluding hydrogens is 588 g/mol. The van der Waals surface area contributed by atoms with E-state index in [4.69, 9.17) is 27.9 Å². The van der Waals surface area contributed by atoms with Gasteiger partial charge in [0, 0.05) is 12.8 Å². The molecule has 2 fully saturated rings. The quantitative estimate of drug-likeness (QED) is 0.253. The molecule has 5 rings (SSSR count). The zero-order valence-corrected chi connectivity index (χ0v) is 25.7. The summed E-state index contributed by atoms with van der Waals surface area (Å²) in [6.45, 7) is 5.49. The Balaban J connectivity index is 1.33. The summed E-state index contributed by atoms with van der Waals surface area (Å²) < 4.78 is 62.2. The number of hydrogen-bond acceptors (Lipinski definition) is 10. The molecule has 3 aromatic rings. The molecule has 3 aromatic carbocycles. The number of aliphatic hydroxyl groups is 1. The third kappa shape index (κ3) is 8.10. The van der Waals surface area contributed by atoms with Crippen LogP contribution in [0.15, 0.2) is 89.8 Å². The maximum absolute atomic E-state index is 13.2. The Labute approximate surface area is 257 Å². The number of aliphatic hydroxyl groups excluding tert-OH is 1. The summed E-state index contributed by atoms with van der Waals surface area (Å²) in [5.74, 6) is -0.505. The zero-order valence-electron chi connectivity index (χ0n) is 24.9. The molecule has 0 bridgehead atoms. The van der Waals surface area contributed by atoms with Gasteiger partial charge < -0.3 is 28.8 Å². The minimum atomic E-state index is -4.17. The van der Waals surface area contributed by atoms with E-state index in [0.29, 0.717) is 5.56 Å². The van der Waals surface area contributed by atoms with Gasteiger partial charge in [0.05, 0.1) is 35.4 Å². The molecule has 0 aromatic heterocycles. The van der Waals surface area contributed by atoms with E-state index in [-0.39, 0.29) is 24.3 Å². The summed E-state index contributed by atoms with van der Waals surface area (Å²) >= 11 is 0. The molecule has 0 saturated carbocycles. The van der Waals surface area contributed by atoms with Crippen LogP contribution >= 0.6 is 0 Å². The van der Waals surface area contributed by atoms with Gasteiger partial charge in [0.15, 0.2) is 18.7 Å². The van der Waals surface area contributed by atoms with Gasteiger partial charge in [-0.2, -0.15) is 8.42 Å². The molecule has 8 atom stereocenters. The molecule has 10 nitrogen and oxygen atoms in total. The molecule has 1 N–H and O–H groups in total. The van der Waals surface area contributed by atoms with Crippen LogP contribution in [0.3, 0.4) is 0 Å². The van der Waals surface area contributed by atoms with Gasteiger partial charge in [-0.3, -0.25) is 4.18 Å². The van der Waals surface area contributed by atoms with Crippen molar-refractivity contribution >= 4 is 16.1 Å². The number of carbonyl (C=O) groups excluding carboxylic acids is 1. The number of rotatable bonds is 10. The Morgan fingerprint density at radius 1 is 0.841 bits per heavy atom. The first-order chi connectivity index (χ1) is 21.1. The van der Waals surface area contributed by atoms with E-state index in [0.717, 1.165) is 11.1 Å². The molecule has 44 heavy (non-hydrogen) atoms. The number of benzene rings is 3. The maximum atomic E-state index is 13.2. The van der Waals surface area contributed by atoms with Crippen LogP contribution < -0.4 is 0 Å². The van der Waals surface area contributed by atoms with Crippen molar-refractivity contribution in [3.05, 3.63) is 102 Å². The summed E-state index contributed by atoms with van der Waals surface area (Å²) in [6.07, 6.45) is -6.73. The predicted molar refractivity (Wildman–Crippen MR) is 159 cm³/mol. The highest BCUT2D eigenvalue weighted by Gasteiger charge is 2.46. The summed E-state index contributed by atoms with van der Waals surface area (Å²) in [6, 6.07) is 24.6. The van der Waals surface area contributed by atoms with Crippen molar-refractivity contribution in [2.45, 2.75) is 94.3 Å². The fourth-order valence-corrected chi connectivity index (χ4v) is 6.51. The number of aryl methyl sites for hydroxylation is 1. The van der Waals surface area contributed by atoms with Gasteiger partial charge in [-0.05, 0) is 50.6 Å². The molecular formula is C33H38O10S. The van der Waals surface area contributed by atoms with Crippen LogP contribution in [-0.2, 0) is 44.6 Å². The molecule has 11 heteroatoms. The van der Waals surface area contributed by atoms with E-state index in [1.54, 1.807) is 50.2 Å². The lowest BCUT2D eigenvalue weighted by molar-refractivity contribution is -0.301. The van der Waals surface area contributed by atoms with E-state index in [1.165, 1.54) is 12.1 Å². The monoisotopic (exact) mass is 626 g/mol. The fraction of sp³-hybridized carbons (Fsp3) is 0.424. The lowest BCUT2D eigenvalue weighted by Gasteiger charge is -2.43. The standard InChI is InChI=1S/C33H38O10S/c1-21-14-16-26(17-15-21)44(36,37)43-32-23(3)39-29(34)18-28(32)41-30-19-27(38-20-24-10-6-4-7-11-24)31(22(2)40-30)42-33(35)25-12-8-5-9-13-25/h4-17,22-23,27-32,34H,18-20H2,1-3H3/t22-,23-,27-,28-,29+,30+,31-,32-/m1/s1. The summed E-state index contributed by atoms with van der Waals surface area (Å²) in [5, 5.41) is 10.4. The summed E-state index contributed by atoms with van der Waals surface area (Å²) in [5.41, 5.74) is 2.25. The van der Waals surface area contributed by atoms with Gasteiger partial charge in [0.2, 0.25) is 0 Å². The predicted octanol–water partition coefficient (Wildman–Crippen LogP) is 4.53. The lowest BCUT2D eigenvalue weighted by Crippen LogP contribution is -2.55. The average Bonchev–Trinajstić information content (AvgIpc) is 3.00. The molecule has 2 aliphatic heterocycles. The van der Waals surface area contributed by atoms with E-state index in [1.807, 2.05) is 43.3 Å². The van der Waals surface area contributed by atoms with Crippen LogP contribution in [0, 0.1) is 6.92 Å². The molecule has 236 valence electrons. The van der Waals surface area contributed by atoms with E-state index >= 15 is 0 Å². The van der Waals surface area contributed by atoms with E-state index < -0.39 is 65.3 Å². The van der Waals surface area contributed by atoms with Crippen molar-refractivity contribution in [3.63, 3.8) is 0 Å². The second-order valence-electron chi connectivity index (χ2n) is 11.1. The van der Waals surface area contributed by atoms with Crippen molar-refractivity contribution in [1.82, 2.24) is 0 Å². The van der Waals surface area contributed by atoms with E-state index in [2.05, 4.69) is 0 Å². The second-order valence-corrected chi connectivity index (χ2v) is 12.7. The third-order valence-electron chi connectivity index (χ3n) is 7.69. The summed E-state index contributed by atoms with van der Waals surface area (Å²) in [7, 11) is -4.17. The molecule has 2 heterocycles. The van der Waals surface area contributed by atoms with Crippen molar-refractivity contribution < 1.29 is 46.2 Å². The van der Waals surface area contributed by atoms with Gasteiger partial charge in [-0.25, -0.2) is 4.79 Å². The topological polar surface area (TPSA) is 127 Å². The Bertz CT molecular complexity index is 1470. The SMILES string of the molecule is Cc1ccc(S(=O)(=O)O[C@@H]2[C@@H](C)O[C@H](O)C[C@H]2O[C@H]2C[C@@H](OCc3ccccc3)[C@H](OC(=O)c3ccccc3)[C@@H](C)O2)cc1. The van der Waals surface area contributed by atoms with Gasteiger partial charge >= 0.3 is 5.97 Å². The highest BCUT2D eigenvalue weighted by Crippen LogP contribution is 2.33. The first-order valence-electron chi connectivity index (χ1n) is 14.6. The molecule has 2 aliphatic rings. The van der Waals surface area contributed by atoms with Crippen molar-refractivity contribution in [2.24, 2.45) is 0 Å². The largest absolute Gasteiger partial charge is 0.453 e. The zero-order chi connectivity index (χ0) is 31.3. The fourth-order valence-electron chi connectivity index (χ4n) is 5.35. The summed E-state index contributed by atoms with van der Waals surface area (Å²) in [4.78, 5) is 13.0. The number of esters is 1. The normalized spacial score (nSPS) is 29.2. The van der Waals surface area contributed by atoms with Crippen LogP contribution in [0.5, 0.6) is 0 Å². The Morgan fingerprint density at radius 3 is 2.16 bits per heavy atom. The third-order valence-corrected chi connectivity index (χ3v) is 9.01. The molecule has 0 spiro atoms. The minimum absolute atomic E-state index is 0.000148. The molecule has 0 unspecified atom stereocenters. The van der Waals surface area contributed by atoms with Crippen LogP contribution in [0.4, 0.5) is 0 Å². The average molecular weight is 627 g/mol. The number of hydrogen-bond donors (Lipinski definition) is 1. The highest BCUT2D eigenvalue weighted by atomic mass is 32.2. The molecule has 0 radical (unpaired) electrons. The van der Waals surface area contributed by atoms with Crippen LogP contribution in [0.25, 0.3) is 0 Å². The van der Waals surface area contributed by atoms with Crippen LogP contribution in [-0.4, -0.2) is 68.7 Å². The number of carbonyl (C=O) groups is 1. The van der Waals surface area contributed by atoms with Crippen LogP contribution in [0.1, 0.15) is 48.2 Å². The van der Waals surface area contributed by atoms with E-state index in [9.17, 15) is 18.3 Å².